The first-order valence-electron chi connectivity index (χ1n) is 9.49. The fourth-order valence-corrected chi connectivity index (χ4v) is 2.58. The largest absolute Gasteiger partial charge is 0.497 e. The summed E-state index contributed by atoms with van der Waals surface area (Å²) in [4.78, 5) is 17.9. The number of rotatable bonds is 8. The van der Waals surface area contributed by atoms with E-state index >= 15 is 0 Å². The number of nitrogens with zero attached hydrogens (tertiary/aromatic N) is 2. The van der Waals surface area contributed by atoms with Crippen molar-refractivity contribution in [2.75, 3.05) is 34.3 Å². The molecule has 0 spiro atoms. The number of ether oxygens (including phenoxy) is 1. The molecule has 0 aliphatic rings. The van der Waals surface area contributed by atoms with E-state index in [1.165, 1.54) is 11.0 Å². The number of halogens is 2. The highest BCUT2D eigenvalue weighted by atomic mass is 127. The summed E-state index contributed by atoms with van der Waals surface area (Å²) in [5.74, 6) is 1.08. The topological polar surface area (TPSA) is 66.0 Å². The van der Waals surface area contributed by atoms with Gasteiger partial charge < -0.3 is 20.3 Å². The smallest absolute Gasteiger partial charge is 0.241 e. The third-order valence-electron chi connectivity index (χ3n) is 4.41. The van der Waals surface area contributed by atoms with Crippen LogP contribution in [0.2, 0.25) is 0 Å². The summed E-state index contributed by atoms with van der Waals surface area (Å²) in [5.41, 5.74) is 2.65. The molecule has 0 aliphatic heterocycles. The number of aliphatic imine (C=N–C) groups is 1. The lowest BCUT2D eigenvalue weighted by Crippen LogP contribution is -2.43. The molecule has 164 valence electrons. The predicted octanol–water partition coefficient (Wildman–Crippen LogP) is 3.13. The second kappa shape index (κ2) is 13.0. The first-order chi connectivity index (χ1) is 13.9. The zero-order chi connectivity index (χ0) is 21.2. The lowest BCUT2D eigenvalue weighted by molar-refractivity contribution is -0.127. The normalized spacial score (nSPS) is 10.8. The van der Waals surface area contributed by atoms with E-state index in [9.17, 15) is 9.18 Å². The van der Waals surface area contributed by atoms with Crippen molar-refractivity contribution in [3.8, 4) is 5.75 Å². The Morgan fingerprint density at radius 3 is 2.37 bits per heavy atom. The van der Waals surface area contributed by atoms with Gasteiger partial charge in [0.05, 0.1) is 20.2 Å². The Morgan fingerprint density at radius 1 is 1.10 bits per heavy atom. The number of aryl methyl sites for hydroxylation is 1. The van der Waals surface area contributed by atoms with E-state index in [0.717, 1.165) is 23.3 Å². The van der Waals surface area contributed by atoms with Crippen molar-refractivity contribution in [1.29, 1.82) is 0 Å². The predicted molar refractivity (Wildman–Crippen MR) is 129 cm³/mol. The van der Waals surface area contributed by atoms with Gasteiger partial charge in [0, 0.05) is 20.6 Å². The van der Waals surface area contributed by atoms with Crippen LogP contribution in [-0.4, -0.2) is 51.1 Å². The van der Waals surface area contributed by atoms with Crippen LogP contribution in [0, 0.1) is 12.7 Å². The van der Waals surface area contributed by atoms with E-state index in [-0.39, 0.29) is 42.2 Å². The van der Waals surface area contributed by atoms with Gasteiger partial charge in [-0.15, -0.1) is 24.0 Å². The van der Waals surface area contributed by atoms with Gasteiger partial charge in [-0.1, -0.05) is 24.3 Å². The second-order valence-corrected chi connectivity index (χ2v) is 6.91. The summed E-state index contributed by atoms with van der Waals surface area (Å²) in [6, 6.07) is 12.8. The monoisotopic (exact) mass is 528 g/mol. The van der Waals surface area contributed by atoms with E-state index < -0.39 is 0 Å². The summed E-state index contributed by atoms with van der Waals surface area (Å²) >= 11 is 0. The maximum atomic E-state index is 13.4. The van der Waals surface area contributed by atoms with Crippen molar-refractivity contribution in [1.82, 2.24) is 15.5 Å². The molecule has 2 rings (SSSR count). The Morgan fingerprint density at radius 2 is 1.77 bits per heavy atom. The molecule has 8 heteroatoms. The van der Waals surface area contributed by atoms with E-state index in [4.69, 9.17) is 4.74 Å². The number of carbonyl (C=O) groups excluding carboxylic acids is 1. The van der Waals surface area contributed by atoms with Gasteiger partial charge in [0.15, 0.2) is 5.96 Å². The number of hydrogen-bond acceptors (Lipinski definition) is 3. The van der Waals surface area contributed by atoms with Crippen molar-refractivity contribution < 1.29 is 13.9 Å². The van der Waals surface area contributed by atoms with Gasteiger partial charge in [-0.2, -0.15) is 0 Å². The highest BCUT2D eigenvalue weighted by molar-refractivity contribution is 14.0. The fraction of sp³-hybridized carbons (Fsp3) is 0.364. The second-order valence-electron chi connectivity index (χ2n) is 6.91. The van der Waals surface area contributed by atoms with Gasteiger partial charge in [0.2, 0.25) is 5.91 Å². The van der Waals surface area contributed by atoms with Crippen LogP contribution in [-0.2, 0) is 17.8 Å². The summed E-state index contributed by atoms with van der Waals surface area (Å²) in [6.45, 7) is 2.90. The molecule has 0 saturated heterocycles. The molecular formula is C22H30FIN4O2. The number of carbonyl (C=O) groups is 1. The van der Waals surface area contributed by atoms with Gasteiger partial charge in [0.1, 0.15) is 11.6 Å². The molecule has 0 bridgehead atoms. The zero-order valence-corrected chi connectivity index (χ0v) is 20.2. The molecule has 0 saturated carbocycles. The minimum absolute atomic E-state index is 0. The molecule has 2 aromatic carbocycles. The van der Waals surface area contributed by atoms with E-state index in [1.807, 2.05) is 24.3 Å². The molecule has 6 nitrogen and oxygen atoms in total. The minimum Gasteiger partial charge on any atom is -0.497 e. The Hall–Kier alpha value is -2.36. The van der Waals surface area contributed by atoms with Crippen LogP contribution in [0.15, 0.2) is 47.5 Å². The molecule has 0 aliphatic carbocycles. The van der Waals surface area contributed by atoms with Gasteiger partial charge in [0.25, 0.3) is 0 Å². The van der Waals surface area contributed by atoms with E-state index in [2.05, 4.69) is 15.6 Å². The average molecular weight is 528 g/mol. The van der Waals surface area contributed by atoms with E-state index in [0.29, 0.717) is 24.6 Å². The molecule has 0 radical (unpaired) electrons. The molecule has 0 heterocycles. The van der Waals surface area contributed by atoms with Crippen LogP contribution in [0.4, 0.5) is 4.39 Å². The maximum absolute atomic E-state index is 13.4. The molecule has 30 heavy (non-hydrogen) atoms. The summed E-state index contributed by atoms with van der Waals surface area (Å²) in [7, 11) is 5.06. The molecule has 0 atom stereocenters. The SMILES string of the molecule is COc1ccc(CCNC(=NCc2ccc(F)c(C)c2)NCC(=O)N(C)C)cc1.I. The third-order valence-corrected chi connectivity index (χ3v) is 4.41. The number of benzene rings is 2. The summed E-state index contributed by atoms with van der Waals surface area (Å²) in [5, 5.41) is 6.31. The number of nitrogens with one attached hydrogen (secondary N) is 2. The van der Waals surface area contributed by atoms with Crippen molar-refractivity contribution in [2.45, 2.75) is 19.9 Å². The first kappa shape index (κ1) is 25.7. The van der Waals surface area contributed by atoms with Gasteiger partial charge >= 0.3 is 0 Å². The lowest BCUT2D eigenvalue weighted by Gasteiger charge is -2.15. The standard InChI is InChI=1S/C22H29FN4O2.HI/c1-16-13-18(7-10-20(16)23)14-25-22(26-15-21(28)27(2)3)24-12-11-17-5-8-19(29-4)9-6-17;/h5-10,13H,11-12,14-15H2,1-4H3,(H2,24,25,26);1H. The molecule has 0 fully saturated rings. The van der Waals surface area contributed by atoms with Gasteiger partial charge in [-0.05, 0) is 48.2 Å². The number of hydrogen-bond donors (Lipinski definition) is 2. The van der Waals surface area contributed by atoms with Gasteiger partial charge in [-0.3, -0.25) is 4.79 Å². The Balaban J connectivity index is 0.00000450. The zero-order valence-electron chi connectivity index (χ0n) is 17.9. The Labute approximate surface area is 194 Å². The van der Waals surface area contributed by atoms with Crippen LogP contribution < -0.4 is 15.4 Å². The number of guanidine groups is 1. The van der Waals surface area contributed by atoms with Crippen LogP contribution in [0.3, 0.4) is 0 Å². The van der Waals surface area contributed by atoms with Crippen molar-refractivity contribution >= 4 is 35.8 Å². The number of methoxy groups -OCH3 is 1. The molecule has 2 aromatic rings. The lowest BCUT2D eigenvalue weighted by atomic mass is 10.1. The molecule has 2 N–H and O–H groups in total. The average Bonchev–Trinajstić information content (AvgIpc) is 2.72. The molecule has 1 amide bonds. The molecule has 0 aromatic heterocycles. The Bertz CT molecular complexity index is 842. The van der Waals surface area contributed by atoms with Crippen molar-refractivity contribution in [3.63, 3.8) is 0 Å². The van der Waals surface area contributed by atoms with Crippen LogP contribution in [0.5, 0.6) is 5.75 Å². The quantitative estimate of drug-likeness (QED) is 0.314. The van der Waals surface area contributed by atoms with Crippen LogP contribution >= 0.6 is 24.0 Å². The Kier molecular flexibility index (Phi) is 11.2. The highest BCUT2D eigenvalue weighted by Gasteiger charge is 2.06. The number of likely N-dealkylation sites (N-methyl/N-ethyl adjacent to an activating group) is 1. The minimum atomic E-state index is -0.231. The molecular weight excluding hydrogens is 498 g/mol. The van der Waals surface area contributed by atoms with Gasteiger partial charge in [-0.25, -0.2) is 9.38 Å². The van der Waals surface area contributed by atoms with Crippen LogP contribution in [0.1, 0.15) is 16.7 Å². The first-order valence-corrected chi connectivity index (χ1v) is 9.49. The summed E-state index contributed by atoms with van der Waals surface area (Å²) in [6.07, 6.45) is 0.794. The maximum Gasteiger partial charge on any atom is 0.241 e. The highest BCUT2D eigenvalue weighted by Crippen LogP contribution is 2.12. The fourth-order valence-electron chi connectivity index (χ4n) is 2.58. The number of amides is 1. The van der Waals surface area contributed by atoms with Crippen molar-refractivity contribution in [3.05, 3.63) is 65.0 Å². The van der Waals surface area contributed by atoms with E-state index in [1.54, 1.807) is 40.3 Å². The van der Waals surface area contributed by atoms with Crippen molar-refractivity contribution in [2.24, 2.45) is 4.99 Å². The third kappa shape index (κ3) is 8.56. The molecule has 0 unspecified atom stereocenters. The summed E-state index contributed by atoms with van der Waals surface area (Å²) < 4.78 is 18.6. The van der Waals surface area contributed by atoms with Crippen LogP contribution in [0.25, 0.3) is 0 Å².